The summed E-state index contributed by atoms with van der Waals surface area (Å²) >= 11 is 6.04. The van der Waals surface area contributed by atoms with Crippen LogP contribution in [0.2, 0.25) is 5.02 Å². The van der Waals surface area contributed by atoms with Crippen molar-refractivity contribution in [1.29, 1.82) is 0 Å². The summed E-state index contributed by atoms with van der Waals surface area (Å²) < 4.78 is 0. The minimum absolute atomic E-state index is 0.368. The predicted molar refractivity (Wildman–Crippen MR) is 75.0 cm³/mol. The van der Waals surface area contributed by atoms with E-state index in [0.29, 0.717) is 16.6 Å². The number of anilines is 1. The highest BCUT2D eigenvalue weighted by molar-refractivity contribution is 6.31. The molecule has 5 heteroatoms. The minimum Gasteiger partial charge on any atom is -0.399 e. The van der Waals surface area contributed by atoms with E-state index in [0.717, 1.165) is 37.2 Å². The third kappa shape index (κ3) is 2.94. The standard InChI is InChI=1S/C13H18ClN3O/c1-18-17-13(9-4-6-16-7-5-9)11-8-10(14)2-3-12(11)15/h2-3,8-9,16H,4-7,15H2,1H3. The Kier molecular flexibility index (Phi) is 4.44. The molecule has 0 atom stereocenters. The molecule has 1 aliphatic heterocycles. The predicted octanol–water partition coefficient (Wildman–Crippen LogP) is 2.27. The van der Waals surface area contributed by atoms with Crippen molar-refractivity contribution in [3.8, 4) is 0 Å². The molecule has 0 aromatic heterocycles. The van der Waals surface area contributed by atoms with Crippen LogP contribution in [0.3, 0.4) is 0 Å². The van der Waals surface area contributed by atoms with E-state index in [2.05, 4.69) is 10.5 Å². The summed E-state index contributed by atoms with van der Waals surface area (Å²) in [6.07, 6.45) is 2.07. The van der Waals surface area contributed by atoms with Crippen LogP contribution < -0.4 is 11.1 Å². The first-order chi connectivity index (χ1) is 8.72. The molecular weight excluding hydrogens is 250 g/mol. The summed E-state index contributed by atoms with van der Waals surface area (Å²) in [6, 6.07) is 5.45. The minimum atomic E-state index is 0.368. The van der Waals surface area contributed by atoms with Gasteiger partial charge in [0, 0.05) is 22.2 Å². The molecule has 1 aliphatic rings. The highest BCUT2D eigenvalue weighted by Gasteiger charge is 2.23. The van der Waals surface area contributed by atoms with E-state index >= 15 is 0 Å². The van der Waals surface area contributed by atoms with Crippen LogP contribution in [0.15, 0.2) is 23.4 Å². The van der Waals surface area contributed by atoms with Crippen molar-refractivity contribution in [3.05, 3.63) is 28.8 Å². The van der Waals surface area contributed by atoms with E-state index in [9.17, 15) is 0 Å². The Morgan fingerprint density at radius 3 is 2.83 bits per heavy atom. The lowest BCUT2D eigenvalue weighted by molar-refractivity contribution is 0.210. The van der Waals surface area contributed by atoms with Crippen LogP contribution in [-0.2, 0) is 4.84 Å². The summed E-state index contributed by atoms with van der Waals surface area (Å²) in [6.45, 7) is 1.99. The number of rotatable bonds is 3. The zero-order valence-electron chi connectivity index (χ0n) is 10.4. The zero-order chi connectivity index (χ0) is 13.0. The second kappa shape index (κ2) is 6.07. The first-order valence-electron chi connectivity index (χ1n) is 6.09. The highest BCUT2D eigenvalue weighted by Crippen LogP contribution is 2.25. The maximum absolute atomic E-state index is 6.04. The van der Waals surface area contributed by atoms with Crippen LogP contribution in [0, 0.1) is 5.92 Å². The fourth-order valence-electron chi connectivity index (χ4n) is 2.29. The summed E-state index contributed by atoms with van der Waals surface area (Å²) in [5, 5.41) is 8.17. The first-order valence-corrected chi connectivity index (χ1v) is 6.47. The summed E-state index contributed by atoms with van der Waals surface area (Å²) in [4.78, 5) is 4.98. The third-order valence-electron chi connectivity index (χ3n) is 3.21. The zero-order valence-corrected chi connectivity index (χ0v) is 11.2. The third-order valence-corrected chi connectivity index (χ3v) is 3.44. The van der Waals surface area contributed by atoms with Crippen molar-refractivity contribution in [3.63, 3.8) is 0 Å². The van der Waals surface area contributed by atoms with Crippen LogP contribution in [0.4, 0.5) is 5.69 Å². The van der Waals surface area contributed by atoms with Gasteiger partial charge in [-0.1, -0.05) is 16.8 Å². The summed E-state index contributed by atoms with van der Waals surface area (Å²) in [5.41, 5.74) is 8.49. The maximum Gasteiger partial charge on any atom is 0.106 e. The summed E-state index contributed by atoms with van der Waals surface area (Å²) in [7, 11) is 1.56. The maximum atomic E-state index is 6.04. The van der Waals surface area contributed by atoms with E-state index in [4.69, 9.17) is 22.2 Å². The average molecular weight is 268 g/mol. The summed E-state index contributed by atoms with van der Waals surface area (Å²) in [5.74, 6) is 0.368. The van der Waals surface area contributed by atoms with Crippen molar-refractivity contribution in [2.24, 2.45) is 11.1 Å². The van der Waals surface area contributed by atoms with Crippen molar-refractivity contribution in [1.82, 2.24) is 5.32 Å². The van der Waals surface area contributed by atoms with Crippen LogP contribution in [0.5, 0.6) is 0 Å². The molecule has 1 aromatic rings. The molecular formula is C13H18ClN3O. The van der Waals surface area contributed by atoms with E-state index in [1.807, 2.05) is 12.1 Å². The van der Waals surface area contributed by atoms with Crippen LogP contribution in [0.1, 0.15) is 18.4 Å². The molecule has 0 saturated carbocycles. The molecule has 0 amide bonds. The van der Waals surface area contributed by atoms with Crippen molar-refractivity contribution >= 4 is 23.0 Å². The lowest BCUT2D eigenvalue weighted by Crippen LogP contribution is -2.32. The van der Waals surface area contributed by atoms with Gasteiger partial charge in [-0.2, -0.15) is 0 Å². The van der Waals surface area contributed by atoms with Crippen LogP contribution in [-0.4, -0.2) is 25.9 Å². The average Bonchev–Trinajstić information content (AvgIpc) is 2.40. The number of nitrogens with one attached hydrogen (secondary N) is 1. The molecule has 0 spiro atoms. The molecule has 1 saturated heterocycles. The second-order valence-corrected chi connectivity index (χ2v) is 4.85. The number of halogens is 1. The fraction of sp³-hybridized carbons (Fsp3) is 0.462. The molecule has 3 N–H and O–H groups in total. The largest absolute Gasteiger partial charge is 0.399 e. The van der Waals surface area contributed by atoms with Gasteiger partial charge in [-0.3, -0.25) is 0 Å². The van der Waals surface area contributed by atoms with Crippen molar-refractivity contribution < 1.29 is 4.84 Å². The molecule has 18 heavy (non-hydrogen) atoms. The van der Waals surface area contributed by atoms with Crippen molar-refractivity contribution in [2.75, 3.05) is 25.9 Å². The van der Waals surface area contributed by atoms with Gasteiger partial charge in [0.15, 0.2) is 0 Å². The Hall–Kier alpha value is -1.26. The van der Waals surface area contributed by atoms with E-state index in [1.165, 1.54) is 0 Å². The monoisotopic (exact) mass is 267 g/mol. The number of hydrogen-bond donors (Lipinski definition) is 2. The molecule has 98 valence electrons. The SMILES string of the molecule is CON=C(c1cc(Cl)ccc1N)C1CCNCC1. The second-order valence-electron chi connectivity index (χ2n) is 4.41. The Morgan fingerprint density at radius 1 is 1.44 bits per heavy atom. The topological polar surface area (TPSA) is 59.6 Å². The van der Waals surface area contributed by atoms with Crippen LogP contribution in [0.25, 0.3) is 0 Å². The first kappa shape index (κ1) is 13.2. The number of nitrogen functional groups attached to an aromatic ring is 1. The molecule has 0 radical (unpaired) electrons. The number of oxime groups is 1. The Bertz CT molecular complexity index is 442. The number of benzene rings is 1. The Labute approximate surface area is 112 Å². The van der Waals surface area contributed by atoms with Crippen molar-refractivity contribution in [2.45, 2.75) is 12.8 Å². The molecule has 1 heterocycles. The highest BCUT2D eigenvalue weighted by atomic mass is 35.5. The van der Waals surface area contributed by atoms with Gasteiger partial charge >= 0.3 is 0 Å². The molecule has 1 fully saturated rings. The molecule has 0 bridgehead atoms. The molecule has 1 aromatic carbocycles. The smallest absolute Gasteiger partial charge is 0.106 e. The van der Waals surface area contributed by atoms with Gasteiger partial charge in [0.2, 0.25) is 0 Å². The quantitative estimate of drug-likeness (QED) is 0.502. The van der Waals surface area contributed by atoms with Gasteiger partial charge in [-0.15, -0.1) is 0 Å². The molecule has 0 unspecified atom stereocenters. The fourth-order valence-corrected chi connectivity index (χ4v) is 2.46. The van der Waals surface area contributed by atoms with Gasteiger partial charge in [0.25, 0.3) is 0 Å². The van der Waals surface area contributed by atoms with E-state index in [-0.39, 0.29) is 0 Å². The van der Waals surface area contributed by atoms with Crippen LogP contribution >= 0.6 is 11.6 Å². The number of piperidine rings is 1. The van der Waals surface area contributed by atoms with Gasteiger partial charge in [0.1, 0.15) is 7.11 Å². The van der Waals surface area contributed by atoms with E-state index in [1.54, 1.807) is 13.2 Å². The normalized spacial score (nSPS) is 17.8. The van der Waals surface area contributed by atoms with E-state index < -0.39 is 0 Å². The Morgan fingerprint density at radius 2 is 2.17 bits per heavy atom. The number of nitrogens with zero attached hydrogens (tertiary/aromatic N) is 1. The lowest BCUT2D eigenvalue weighted by Gasteiger charge is -2.24. The number of hydrogen-bond acceptors (Lipinski definition) is 4. The van der Waals surface area contributed by atoms with Gasteiger partial charge < -0.3 is 15.9 Å². The van der Waals surface area contributed by atoms with Gasteiger partial charge in [0.05, 0.1) is 5.71 Å². The van der Waals surface area contributed by atoms with Gasteiger partial charge in [-0.25, -0.2) is 0 Å². The number of nitrogens with two attached hydrogens (primary N) is 1. The Balaban J connectivity index is 2.34. The lowest BCUT2D eigenvalue weighted by atomic mass is 9.88. The van der Waals surface area contributed by atoms with Gasteiger partial charge in [-0.05, 0) is 44.1 Å². The molecule has 0 aliphatic carbocycles. The molecule has 2 rings (SSSR count). The molecule has 4 nitrogen and oxygen atoms in total.